The molecule has 1 aromatic rings. The minimum atomic E-state index is 0.0646. The molecule has 2 aliphatic rings. The molecule has 2 N–H and O–H groups in total. The van der Waals surface area contributed by atoms with E-state index in [1.807, 2.05) is 23.1 Å². The van der Waals surface area contributed by atoms with Crippen LogP contribution in [0.1, 0.15) is 25.3 Å². The number of carbonyl (C=O) groups is 2. The summed E-state index contributed by atoms with van der Waals surface area (Å²) in [6.07, 6.45) is 2.82. The molecule has 0 bridgehead atoms. The van der Waals surface area contributed by atoms with E-state index in [1.165, 1.54) is 0 Å². The number of nitrogens with zero attached hydrogens (tertiary/aromatic N) is 1. The summed E-state index contributed by atoms with van der Waals surface area (Å²) in [5.41, 5.74) is 2.95. The lowest BCUT2D eigenvalue weighted by Crippen LogP contribution is -2.33. The Morgan fingerprint density at radius 1 is 1.38 bits per heavy atom. The van der Waals surface area contributed by atoms with Crippen LogP contribution in [-0.4, -0.2) is 31.4 Å². The van der Waals surface area contributed by atoms with Crippen LogP contribution in [-0.2, 0) is 16.0 Å². The predicted molar refractivity (Wildman–Crippen MR) is 82.4 cm³/mol. The quantitative estimate of drug-likeness (QED) is 0.867. The van der Waals surface area contributed by atoms with Crippen molar-refractivity contribution in [3.05, 3.63) is 23.8 Å². The monoisotopic (exact) mass is 287 g/mol. The van der Waals surface area contributed by atoms with Crippen molar-refractivity contribution >= 4 is 23.2 Å². The molecule has 5 nitrogen and oxygen atoms in total. The van der Waals surface area contributed by atoms with E-state index < -0.39 is 0 Å². The SMILES string of the molecule is CC(=O)N1CCCc2cc(NC(=O)C3CCNC3)ccc21. The van der Waals surface area contributed by atoms with Crippen LogP contribution < -0.4 is 15.5 Å². The molecule has 0 aliphatic carbocycles. The molecule has 0 spiro atoms. The molecule has 1 fully saturated rings. The van der Waals surface area contributed by atoms with Crippen molar-refractivity contribution in [2.75, 3.05) is 29.9 Å². The van der Waals surface area contributed by atoms with E-state index in [-0.39, 0.29) is 17.7 Å². The lowest BCUT2D eigenvalue weighted by molar-refractivity contribution is -0.119. The van der Waals surface area contributed by atoms with Crippen LogP contribution in [0.5, 0.6) is 0 Å². The highest BCUT2D eigenvalue weighted by Crippen LogP contribution is 2.30. The fourth-order valence-electron chi connectivity index (χ4n) is 3.12. The molecule has 1 saturated heterocycles. The highest BCUT2D eigenvalue weighted by atomic mass is 16.2. The molecule has 0 aromatic heterocycles. The zero-order valence-corrected chi connectivity index (χ0v) is 12.3. The first kappa shape index (κ1) is 14.1. The van der Waals surface area contributed by atoms with E-state index in [1.54, 1.807) is 6.92 Å². The van der Waals surface area contributed by atoms with Gasteiger partial charge in [0.05, 0.1) is 5.92 Å². The summed E-state index contributed by atoms with van der Waals surface area (Å²) in [6, 6.07) is 5.84. The van der Waals surface area contributed by atoms with Gasteiger partial charge in [-0.15, -0.1) is 0 Å². The van der Waals surface area contributed by atoms with Crippen LogP contribution in [0, 0.1) is 5.92 Å². The average molecular weight is 287 g/mol. The van der Waals surface area contributed by atoms with E-state index >= 15 is 0 Å². The molecule has 21 heavy (non-hydrogen) atoms. The summed E-state index contributed by atoms with van der Waals surface area (Å²) < 4.78 is 0. The first-order valence-electron chi connectivity index (χ1n) is 7.58. The minimum Gasteiger partial charge on any atom is -0.326 e. The fourth-order valence-corrected chi connectivity index (χ4v) is 3.12. The average Bonchev–Trinajstić information content (AvgIpc) is 3.00. The number of carbonyl (C=O) groups excluding carboxylic acids is 2. The standard InChI is InChI=1S/C16H21N3O2/c1-11(20)19-8-2-3-12-9-14(4-5-15(12)19)18-16(21)13-6-7-17-10-13/h4-5,9,13,17H,2-3,6-8,10H2,1H3,(H,18,21). The highest BCUT2D eigenvalue weighted by Gasteiger charge is 2.23. The maximum Gasteiger partial charge on any atom is 0.228 e. The third-order valence-electron chi connectivity index (χ3n) is 4.28. The van der Waals surface area contributed by atoms with Gasteiger partial charge in [-0.2, -0.15) is 0 Å². The maximum atomic E-state index is 12.1. The molecule has 2 aliphatic heterocycles. The largest absolute Gasteiger partial charge is 0.326 e. The number of rotatable bonds is 2. The number of aryl methyl sites for hydroxylation is 1. The molecule has 0 saturated carbocycles. The van der Waals surface area contributed by atoms with Gasteiger partial charge >= 0.3 is 0 Å². The third kappa shape index (κ3) is 2.93. The molecule has 1 atom stereocenters. The van der Waals surface area contributed by atoms with Crippen LogP contribution in [0.3, 0.4) is 0 Å². The summed E-state index contributed by atoms with van der Waals surface area (Å²) in [4.78, 5) is 25.6. The molecule has 0 radical (unpaired) electrons. The van der Waals surface area contributed by atoms with Crippen molar-refractivity contribution in [1.29, 1.82) is 0 Å². The van der Waals surface area contributed by atoms with Gasteiger partial charge in [0.25, 0.3) is 0 Å². The van der Waals surface area contributed by atoms with Crippen LogP contribution in [0.4, 0.5) is 11.4 Å². The van der Waals surface area contributed by atoms with Gasteiger partial charge in [0.15, 0.2) is 0 Å². The van der Waals surface area contributed by atoms with Gasteiger partial charge in [-0.3, -0.25) is 9.59 Å². The summed E-state index contributed by atoms with van der Waals surface area (Å²) in [5, 5.41) is 6.20. The second-order valence-corrected chi connectivity index (χ2v) is 5.80. The van der Waals surface area contributed by atoms with Crippen molar-refractivity contribution in [3.8, 4) is 0 Å². The van der Waals surface area contributed by atoms with Gasteiger partial charge in [0.1, 0.15) is 0 Å². The van der Waals surface area contributed by atoms with Crippen LogP contribution in [0.15, 0.2) is 18.2 Å². The summed E-state index contributed by atoms with van der Waals surface area (Å²) >= 11 is 0. The lowest BCUT2D eigenvalue weighted by atomic mass is 10.0. The van der Waals surface area contributed by atoms with E-state index in [0.29, 0.717) is 0 Å². The number of fused-ring (bicyclic) bond motifs is 1. The Labute approximate surface area is 124 Å². The summed E-state index contributed by atoms with van der Waals surface area (Å²) in [7, 11) is 0. The molecule has 1 unspecified atom stereocenters. The van der Waals surface area contributed by atoms with Gasteiger partial charge in [0.2, 0.25) is 11.8 Å². The Morgan fingerprint density at radius 3 is 2.95 bits per heavy atom. The lowest BCUT2D eigenvalue weighted by Gasteiger charge is -2.29. The number of amides is 2. The summed E-state index contributed by atoms with van der Waals surface area (Å²) in [5.74, 6) is 0.221. The summed E-state index contributed by atoms with van der Waals surface area (Å²) in [6.45, 7) is 4.05. The van der Waals surface area contributed by atoms with Gasteiger partial charge in [-0.1, -0.05) is 0 Å². The molecule has 5 heteroatoms. The first-order valence-corrected chi connectivity index (χ1v) is 7.58. The molecule has 3 rings (SSSR count). The van der Waals surface area contributed by atoms with E-state index in [0.717, 1.165) is 55.8 Å². The minimum absolute atomic E-state index is 0.0646. The van der Waals surface area contributed by atoms with E-state index in [9.17, 15) is 9.59 Å². The fraction of sp³-hybridized carbons (Fsp3) is 0.500. The van der Waals surface area contributed by atoms with Crippen molar-refractivity contribution in [1.82, 2.24) is 5.32 Å². The Balaban J connectivity index is 1.76. The maximum absolute atomic E-state index is 12.1. The van der Waals surface area contributed by atoms with Crippen LogP contribution in [0.2, 0.25) is 0 Å². The van der Waals surface area contributed by atoms with Gasteiger partial charge in [-0.25, -0.2) is 0 Å². The number of hydrogen-bond acceptors (Lipinski definition) is 3. The topological polar surface area (TPSA) is 61.4 Å². The van der Waals surface area contributed by atoms with E-state index in [2.05, 4.69) is 10.6 Å². The Kier molecular flexibility index (Phi) is 3.92. The smallest absolute Gasteiger partial charge is 0.228 e. The van der Waals surface area contributed by atoms with Crippen LogP contribution in [0.25, 0.3) is 0 Å². The molecular weight excluding hydrogens is 266 g/mol. The first-order chi connectivity index (χ1) is 10.1. The van der Waals surface area contributed by atoms with Crippen molar-refractivity contribution < 1.29 is 9.59 Å². The Morgan fingerprint density at radius 2 is 2.24 bits per heavy atom. The van der Waals surface area contributed by atoms with Crippen molar-refractivity contribution in [3.63, 3.8) is 0 Å². The number of nitrogens with one attached hydrogen (secondary N) is 2. The highest BCUT2D eigenvalue weighted by molar-refractivity contribution is 5.95. The normalized spacial score (nSPS) is 21.0. The van der Waals surface area contributed by atoms with E-state index in [4.69, 9.17) is 0 Å². The third-order valence-corrected chi connectivity index (χ3v) is 4.28. The second-order valence-electron chi connectivity index (χ2n) is 5.80. The van der Waals surface area contributed by atoms with Crippen molar-refractivity contribution in [2.45, 2.75) is 26.2 Å². The second kappa shape index (κ2) is 5.85. The van der Waals surface area contributed by atoms with Gasteiger partial charge in [0, 0.05) is 31.4 Å². The predicted octanol–water partition coefficient (Wildman–Crippen LogP) is 1.53. The zero-order chi connectivity index (χ0) is 14.8. The molecule has 2 amide bonds. The number of anilines is 2. The van der Waals surface area contributed by atoms with Gasteiger partial charge < -0.3 is 15.5 Å². The molecular formula is C16H21N3O2. The Bertz CT molecular complexity index is 565. The van der Waals surface area contributed by atoms with Crippen LogP contribution >= 0.6 is 0 Å². The molecule has 112 valence electrons. The molecule has 1 aromatic carbocycles. The number of benzene rings is 1. The molecule has 2 heterocycles. The van der Waals surface area contributed by atoms with Gasteiger partial charge in [-0.05, 0) is 49.6 Å². The number of hydrogen-bond donors (Lipinski definition) is 2. The Hall–Kier alpha value is -1.88. The zero-order valence-electron chi connectivity index (χ0n) is 12.3. The van der Waals surface area contributed by atoms with Crippen molar-refractivity contribution in [2.24, 2.45) is 5.92 Å².